The highest BCUT2D eigenvalue weighted by atomic mass is 16.5. The summed E-state index contributed by atoms with van der Waals surface area (Å²) in [7, 11) is 0. The van der Waals surface area contributed by atoms with E-state index in [0.717, 1.165) is 51.4 Å². The standard InChI is InChI=1S/C67H125NO5/c1-3-5-7-9-11-13-15-17-19-33-37-41-45-49-53-57-61-67(72)73-62-58-54-50-46-42-38-34-31-29-27-25-23-21-20-22-24-26-28-30-32-36-40-44-48-52-56-60-66(71)68-64(63-69)65(70)59-55-51-47-43-39-35-18-16-14-12-10-8-6-4-2/h13,15,19-20,22,33,55,59,64-65,69-70H,3-12,14,16-18,21,23-32,34-54,56-58,60-63H2,1-2H3,(H,68,71)/b15-13-,22-20-,33-19-,59-55+. The van der Waals surface area contributed by atoms with Gasteiger partial charge >= 0.3 is 5.97 Å². The number of allylic oxidation sites excluding steroid dienone is 7. The van der Waals surface area contributed by atoms with Gasteiger partial charge in [0.2, 0.25) is 5.91 Å². The lowest BCUT2D eigenvalue weighted by Gasteiger charge is -2.20. The van der Waals surface area contributed by atoms with Crippen LogP contribution in [0.4, 0.5) is 0 Å². The zero-order chi connectivity index (χ0) is 52.9. The van der Waals surface area contributed by atoms with Crippen LogP contribution in [-0.4, -0.2) is 47.4 Å². The molecule has 0 aromatic heterocycles. The predicted molar refractivity (Wildman–Crippen MR) is 319 cm³/mol. The Bertz CT molecular complexity index is 1230. The third-order valence-corrected chi connectivity index (χ3v) is 14.8. The van der Waals surface area contributed by atoms with E-state index in [-0.39, 0.29) is 18.5 Å². The molecule has 0 saturated carbocycles. The second kappa shape index (κ2) is 62.4. The Morgan fingerprint density at radius 3 is 1.07 bits per heavy atom. The van der Waals surface area contributed by atoms with Crippen LogP contribution in [0, 0.1) is 0 Å². The van der Waals surface area contributed by atoms with Crippen LogP contribution in [-0.2, 0) is 14.3 Å². The molecular weight excluding hydrogens is 899 g/mol. The number of esters is 1. The van der Waals surface area contributed by atoms with Crippen LogP contribution in [0.5, 0.6) is 0 Å². The Balaban J connectivity index is 3.41. The van der Waals surface area contributed by atoms with E-state index in [1.807, 2.05) is 6.08 Å². The number of aliphatic hydroxyl groups is 2. The van der Waals surface area contributed by atoms with Crippen LogP contribution in [0.15, 0.2) is 48.6 Å². The quantitative estimate of drug-likeness (QED) is 0.0320. The summed E-state index contributed by atoms with van der Waals surface area (Å²) in [4.78, 5) is 24.5. The van der Waals surface area contributed by atoms with E-state index < -0.39 is 12.1 Å². The third-order valence-electron chi connectivity index (χ3n) is 14.8. The SMILES string of the molecule is CCCCCC/C=C\C/C=C\CCCCCCCC(=O)OCCCCCCCCCCCCCC/C=C\CCCCCCCCCCCCC(=O)NC(CO)C(O)/C=C/CCCCCCCCCCCCCC. The maximum atomic E-state index is 12.5. The molecule has 0 aliphatic heterocycles. The lowest BCUT2D eigenvalue weighted by atomic mass is 10.0. The van der Waals surface area contributed by atoms with Crippen LogP contribution in [0.25, 0.3) is 0 Å². The molecule has 0 fully saturated rings. The van der Waals surface area contributed by atoms with Crippen LogP contribution in [0.2, 0.25) is 0 Å². The molecule has 0 aromatic carbocycles. The summed E-state index contributed by atoms with van der Waals surface area (Å²) < 4.78 is 5.48. The van der Waals surface area contributed by atoms with E-state index in [1.165, 1.54) is 263 Å². The second-order valence-electron chi connectivity index (χ2n) is 22.1. The summed E-state index contributed by atoms with van der Waals surface area (Å²) in [6.45, 7) is 4.89. The highest BCUT2D eigenvalue weighted by Crippen LogP contribution is 2.17. The lowest BCUT2D eigenvalue weighted by molar-refractivity contribution is -0.143. The van der Waals surface area contributed by atoms with E-state index in [4.69, 9.17) is 4.74 Å². The highest BCUT2D eigenvalue weighted by molar-refractivity contribution is 5.76. The molecule has 0 aliphatic rings. The van der Waals surface area contributed by atoms with Crippen molar-refractivity contribution >= 4 is 11.9 Å². The van der Waals surface area contributed by atoms with Gasteiger partial charge in [0.1, 0.15) is 0 Å². The fourth-order valence-electron chi connectivity index (χ4n) is 9.84. The van der Waals surface area contributed by atoms with Gasteiger partial charge in [0.15, 0.2) is 0 Å². The molecule has 0 saturated heterocycles. The number of carbonyl (C=O) groups excluding carboxylic acids is 2. The first-order valence-corrected chi connectivity index (χ1v) is 32.4. The van der Waals surface area contributed by atoms with Gasteiger partial charge in [-0.2, -0.15) is 0 Å². The molecule has 0 heterocycles. The summed E-state index contributed by atoms with van der Waals surface area (Å²) in [5.41, 5.74) is 0. The number of unbranched alkanes of at least 4 members (excludes halogenated alkanes) is 43. The highest BCUT2D eigenvalue weighted by Gasteiger charge is 2.18. The van der Waals surface area contributed by atoms with E-state index in [0.29, 0.717) is 19.4 Å². The normalized spacial score (nSPS) is 12.9. The molecule has 3 N–H and O–H groups in total. The third kappa shape index (κ3) is 58.9. The van der Waals surface area contributed by atoms with Crippen molar-refractivity contribution in [2.45, 2.75) is 353 Å². The topological polar surface area (TPSA) is 95.9 Å². The number of nitrogens with one attached hydrogen (secondary N) is 1. The zero-order valence-electron chi connectivity index (χ0n) is 48.9. The van der Waals surface area contributed by atoms with Crippen molar-refractivity contribution < 1.29 is 24.5 Å². The summed E-state index contributed by atoms with van der Waals surface area (Å²) >= 11 is 0. The predicted octanol–water partition coefficient (Wildman–Crippen LogP) is 20.5. The van der Waals surface area contributed by atoms with E-state index in [9.17, 15) is 19.8 Å². The van der Waals surface area contributed by atoms with Gasteiger partial charge in [-0.3, -0.25) is 9.59 Å². The fourth-order valence-corrected chi connectivity index (χ4v) is 9.84. The molecule has 0 radical (unpaired) electrons. The Labute approximate surface area is 455 Å². The van der Waals surface area contributed by atoms with Gasteiger partial charge in [0, 0.05) is 12.8 Å². The maximum Gasteiger partial charge on any atom is 0.305 e. The summed E-state index contributed by atoms with van der Waals surface area (Å²) in [5, 5.41) is 23.1. The van der Waals surface area contributed by atoms with Crippen molar-refractivity contribution in [3.05, 3.63) is 48.6 Å². The number of hydrogen-bond acceptors (Lipinski definition) is 5. The average molecular weight is 1020 g/mol. The van der Waals surface area contributed by atoms with E-state index in [1.54, 1.807) is 6.08 Å². The first kappa shape index (κ1) is 70.8. The molecule has 0 spiro atoms. The minimum absolute atomic E-state index is 0.000218. The number of carbonyl (C=O) groups is 2. The van der Waals surface area contributed by atoms with Crippen LogP contribution in [0.1, 0.15) is 341 Å². The Morgan fingerprint density at radius 2 is 0.685 bits per heavy atom. The molecule has 0 aromatic rings. The lowest BCUT2D eigenvalue weighted by Crippen LogP contribution is -2.45. The van der Waals surface area contributed by atoms with Crippen LogP contribution < -0.4 is 5.32 Å². The summed E-state index contributed by atoms with van der Waals surface area (Å²) in [5.74, 6) is -0.0692. The zero-order valence-corrected chi connectivity index (χ0v) is 48.9. The Morgan fingerprint density at radius 1 is 0.384 bits per heavy atom. The summed E-state index contributed by atoms with van der Waals surface area (Å²) in [6, 6.07) is -0.629. The second-order valence-corrected chi connectivity index (χ2v) is 22.1. The van der Waals surface area contributed by atoms with Gasteiger partial charge in [-0.15, -0.1) is 0 Å². The van der Waals surface area contributed by atoms with Gasteiger partial charge in [-0.25, -0.2) is 0 Å². The molecule has 1 amide bonds. The Hall–Kier alpha value is -2.18. The minimum Gasteiger partial charge on any atom is -0.466 e. The maximum absolute atomic E-state index is 12.5. The van der Waals surface area contributed by atoms with Crippen molar-refractivity contribution in [2.75, 3.05) is 13.2 Å². The van der Waals surface area contributed by atoms with Crippen molar-refractivity contribution in [1.82, 2.24) is 5.32 Å². The van der Waals surface area contributed by atoms with Gasteiger partial charge in [-0.05, 0) is 89.9 Å². The molecule has 0 rings (SSSR count). The molecule has 2 atom stereocenters. The van der Waals surface area contributed by atoms with Gasteiger partial charge < -0.3 is 20.3 Å². The molecule has 73 heavy (non-hydrogen) atoms. The number of aliphatic hydroxyl groups excluding tert-OH is 2. The molecule has 0 bridgehead atoms. The van der Waals surface area contributed by atoms with Crippen molar-refractivity contribution in [1.29, 1.82) is 0 Å². The number of amides is 1. The van der Waals surface area contributed by atoms with Gasteiger partial charge in [0.05, 0.1) is 25.4 Å². The summed E-state index contributed by atoms with van der Waals surface area (Å²) in [6.07, 6.45) is 80.2. The van der Waals surface area contributed by atoms with Crippen LogP contribution in [0.3, 0.4) is 0 Å². The smallest absolute Gasteiger partial charge is 0.305 e. The first-order valence-electron chi connectivity index (χ1n) is 32.4. The van der Waals surface area contributed by atoms with E-state index in [2.05, 4.69) is 55.6 Å². The molecule has 2 unspecified atom stereocenters. The van der Waals surface area contributed by atoms with Gasteiger partial charge in [-0.1, -0.05) is 287 Å². The van der Waals surface area contributed by atoms with Gasteiger partial charge in [0.25, 0.3) is 0 Å². The van der Waals surface area contributed by atoms with Crippen molar-refractivity contribution in [3.63, 3.8) is 0 Å². The minimum atomic E-state index is -0.846. The molecular formula is C67H125NO5. The molecule has 428 valence electrons. The first-order chi connectivity index (χ1) is 36.0. The Kier molecular flexibility index (Phi) is 60.5. The van der Waals surface area contributed by atoms with Crippen LogP contribution >= 0.6 is 0 Å². The number of rotatable bonds is 60. The van der Waals surface area contributed by atoms with Crippen molar-refractivity contribution in [2.24, 2.45) is 0 Å². The molecule has 6 heteroatoms. The fraction of sp³-hybridized carbons (Fsp3) is 0.851. The largest absolute Gasteiger partial charge is 0.466 e. The van der Waals surface area contributed by atoms with Crippen molar-refractivity contribution in [3.8, 4) is 0 Å². The monoisotopic (exact) mass is 1020 g/mol. The number of ether oxygens (including phenoxy) is 1. The average Bonchev–Trinajstić information content (AvgIpc) is 3.39. The molecule has 0 aliphatic carbocycles. The molecule has 6 nitrogen and oxygen atoms in total. The number of hydrogen-bond donors (Lipinski definition) is 3. The van der Waals surface area contributed by atoms with E-state index >= 15 is 0 Å².